The number of halogens is 1. The van der Waals surface area contributed by atoms with Gasteiger partial charge in [-0.2, -0.15) is 5.10 Å². The highest BCUT2D eigenvalue weighted by molar-refractivity contribution is 6.30. The van der Waals surface area contributed by atoms with E-state index in [0.717, 1.165) is 30.6 Å². The normalized spacial score (nSPS) is 12.4. The summed E-state index contributed by atoms with van der Waals surface area (Å²) in [4.78, 5) is 0. The molecule has 1 unspecified atom stereocenters. The lowest BCUT2D eigenvalue weighted by Crippen LogP contribution is -2.21. The molecule has 5 heteroatoms. The maximum Gasteiger partial charge on any atom is 0.122 e. The van der Waals surface area contributed by atoms with Gasteiger partial charge in [0.15, 0.2) is 0 Å². The zero-order chi connectivity index (χ0) is 15.2. The van der Waals surface area contributed by atoms with Gasteiger partial charge in [0.05, 0.1) is 12.8 Å². The number of aromatic nitrogens is 2. The lowest BCUT2D eigenvalue weighted by atomic mass is 10.0. The first-order valence-electron chi connectivity index (χ1n) is 7.22. The Kier molecular flexibility index (Phi) is 5.65. The van der Waals surface area contributed by atoms with Crippen molar-refractivity contribution in [1.29, 1.82) is 0 Å². The molecule has 0 radical (unpaired) electrons. The standard InChI is InChI=1S/C16H22ClN3O/c1-3-15(18)9-13-8-14(17)4-5-16(13)21-7-6-12-10-19-20(2)11-12/h4-5,8,10-11,15H,3,6-7,9,18H2,1-2H3. The Bertz CT molecular complexity index is 583. The van der Waals surface area contributed by atoms with Crippen LogP contribution in [0.15, 0.2) is 30.6 Å². The van der Waals surface area contributed by atoms with Crippen molar-refractivity contribution in [2.24, 2.45) is 12.8 Å². The van der Waals surface area contributed by atoms with E-state index in [9.17, 15) is 0 Å². The van der Waals surface area contributed by atoms with Crippen molar-refractivity contribution in [1.82, 2.24) is 9.78 Å². The van der Waals surface area contributed by atoms with Crippen LogP contribution in [-0.4, -0.2) is 22.4 Å². The second kappa shape index (κ2) is 7.48. The second-order valence-corrected chi connectivity index (χ2v) is 5.68. The first kappa shape index (κ1) is 15.9. The average Bonchev–Trinajstić information content (AvgIpc) is 2.86. The molecule has 2 aromatic rings. The highest BCUT2D eigenvalue weighted by Crippen LogP contribution is 2.24. The minimum Gasteiger partial charge on any atom is -0.493 e. The van der Waals surface area contributed by atoms with Crippen molar-refractivity contribution >= 4 is 11.6 Å². The van der Waals surface area contributed by atoms with Gasteiger partial charge in [-0.25, -0.2) is 0 Å². The van der Waals surface area contributed by atoms with Crippen molar-refractivity contribution in [3.05, 3.63) is 46.7 Å². The zero-order valence-electron chi connectivity index (χ0n) is 12.6. The van der Waals surface area contributed by atoms with Crippen molar-refractivity contribution in [2.45, 2.75) is 32.2 Å². The number of nitrogens with zero attached hydrogens (tertiary/aromatic N) is 2. The largest absolute Gasteiger partial charge is 0.493 e. The van der Waals surface area contributed by atoms with Crippen molar-refractivity contribution in [3.63, 3.8) is 0 Å². The first-order chi connectivity index (χ1) is 10.1. The summed E-state index contributed by atoms with van der Waals surface area (Å²) in [5, 5.41) is 4.86. The third-order valence-corrected chi connectivity index (χ3v) is 3.67. The Hall–Kier alpha value is -1.52. The number of hydrogen-bond acceptors (Lipinski definition) is 3. The van der Waals surface area contributed by atoms with E-state index in [1.165, 1.54) is 5.56 Å². The molecule has 1 aromatic carbocycles. The Morgan fingerprint density at radius 1 is 1.43 bits per heavy atom. The van der Waals surface area contributed by atoms with Gasteiger partial charge >= 0.3 is 0 Å². The fourth-order valence-corrected chi connectivity index (χ4v) is 2.35. The molecular formula is C16H22ClN3O. The maximum absolute atomic E-state index is 6.07. The van der Waals surface area contributed by atoms with E-state index < -0.39 is 0 Å². The summed E-state index contributed by atoms with van der Waals surface area (Å²) in [6.07, 6.45) is 6.40. The quantitative estimate of drug-likeness (QED) is 0.855. The molecule has 0 spiro atoms. The smallest absolute Gasteiger partial charge is 0.122 e. The minimum atomic E-state index is 0.129. The molecule has 0 amide bonds. The highest BCUT2D eigenvalue weighted by Gasteiger charge is 2.09. The molecule has 0 fully saturated rings. The number of benzene rings is 1. The van der Waals surface area contributed by atoms with Crippen LogP contribution in [0, 0.1) is 0 Å². The maximum atomic E-state index is 6.07. The van der Waals surface area contributed by atoms with Gasteiger partial charge in [-0.15, -0.1) is 0 Å². The van der Waals surface area contributed by atoms with Gasteiger partial charge in [0.25, 0.3) is 0 Å². The summed E-state index contributed by atoms with van der Waals surface area (Å²) in [5.41, 5.74) is 8.27. The molecule has 21 heavy (non-hydrogen) atoms. The van der Waals surface area contributed by atoms with Crippen molar-refractivity contribution in [2.75, 3.05) is 6.61 Å². The molecule has 0 aliphatic carbocycles. The summed E-state index contributed by atoms with van der Waals surface area (Å²) < 4.78 is 7.69. The number of ether oxygens (including phenoxy) is 1. The summed E-state index contributed by atoms with van der Waals surface area (Å²) in [6.45, 7) is 2.69. The second-order valence-electron chi connectivity index (χ2n) is 5.25. The van der Waals surface area contributed by atoms with Gasteiger partial charge in [0.1, 0.15) is 5.75 Å². The molecule has 1 heterocycles. The number of hydrogen-bond donors (Lipinski definition) is 1. The van der Waals surface area contributed by atoms with E-state index in [1.54, 1.807) is 4.68 Å². The van der Waals surface area contributed by atoms with E-state index in [1.807, 2.05) is 37.6 Å². The SMILES string of the molecule is CCC(N)Cc1cc(Cl)ccc1OCCc1cnn(C)c1. The lowest BCUT2D eigenvalue weighted by molar-refractivity contribution is 0.317. The van der Waals surface area contributed by atoms with Crippen LogP contribution in [0.1, 0.15) is 24.5 Å². The van der Waals surface area contributed by atoms with Crippen LogP contribution < -0.4 is 10.5 Å². The van der Waals surface area contributed by atoms with Gasteiger partial charge < -0.3 is 10.5 Å². The molecule has 4 nitrogen and oxygen atoms in total. The summed E-state index contributed by atoms with van der Waals surface area (Å²) in [5.74, 6) is 0.868. The molecule has 0 saturated heterocycles. The fourth-order valence-electron chi connectivity index (χ4n) is 2.15. The Morgan fingerprint density at radius 3 is 2.90 bits per heavy atom. The lowest BCUT2D eigenvalue weighted by Gasteiger charge is -2.14. The van der Waals surface area contributed by atoms with E-state index in [0.29, 0.717) is 11.6 Å². The fraction of sp³-hybridized carbons (Fsp3) is 0.438. The highest BCUT2D eigenvalue weighted by atomic mass is 35.5. The van der Waals surface area contributed by atoms with E-state index >= 15 is 0 Å². The third kappa shape index (κ3) is 4.76. The molecule has 0 aliphatic rings. The van der Waals surface area contributed by atoms with Crippen molar-refractivity contribution < 1.29 is 4.74 Å². The third-order valence-electron chi connectivity index (χ3n) is 3.44. The van der Waals surface area contributed by atoms with E-state index in [-0.39, 0.29) is 6.04 Å². The zero-order valence-corrected chi connectivity index (χ0v) is 13.3. The summed E-state index contributed by atoms with van der Waals surface area (Å²) in [7, 11) is 1.91. The Labute approximate surface area is 130 Å². The van der Waals surface area contributed by atoms with Crippen LogP contribution in [0.2, 0.25) is 5.02 Å². The number of rotatable bonds is 7. The topological polar surface area (TPSA) is 53.1 Å². The molecule has 1 aromatic heterocycles. The predicted molar refractivity (Wildman–Crippen MR) is 85.8 cm³/mol. The number of nitrogens with two attached hydrogens (primary N) is 1. The molecule has 2 rings (SSSR count). The van der Waals surface area contributed by atoms with Crippen LogP contribution >= 0.6 is 11.6 Å². The Morgan fingerprint density at radius 2 is 2.24 bits per heavy atom. The summed E-state index contributed by atoms with van der Waals surface area (Å²) in [6, 6.07) is 5.84. The Balaban J connectivity index is 1.98. The molecule has 114 valence electrons. The van der Waals surface area contributed by atoms with Crippen molar-refractivity contribution in [3.8, 4) is 5.75 Å². The van der Waals surface area contributed by atoms with Crippen LogP contribution in [0.5, 0.6) is 5.75 Å². The van der Waals surface area contributed by atoms with E-state index in [4.69, 9.17) is 22.1 Å². The average molecular weight is 308 g/mol. The summed E-state index contributed by atoms with van der Waals surface area (Å²) >= 11 is 6.07. The molecule has 0 bridgehead atoms. The monoisotopic (exact) mass is 307 g/mol. The first-order valence-corrected chi connectivity index (χ1v) is 7.60. The molecule has 2 N–H and O–H groups in total. The van der Waals surface area contributed by atoms with Gasteiger partial charge in [0.2, 0.25) is 0 Å². The predicted octanol–water partition coefficient (Wildman–Crippen LogP) is 2.97. The van der Waals surface area contributed by atoms with Gasteiger partial charge in [-0.05, 0) is 42.2 Å². The van der Waals surface area contributed by atoms with Crippen LogP contribution in [0.25, 0.3) is 0 Å². The molecular weight excluding hydrogens is 286 g/mol. The molecule has 0 aliphatic heterocycles. The van der Waals surface area contributed by atoms with Crippen LogP contribution in [0.4, 0.5) is 0 Å². The van der Waals surface area contributed by atoms with E-state index in [2.05, 4.69) is 12.0 Å². The van der Waals surface area contributed by atoms with Gasteiger partial charge in [0, 0.05) is 30.7 Å². The molecule has 1 atom stereocenters. The van der Waals surface area contributed by atoms with Crippen LogP contribution in [-0.2, 0) is 19.9 Å². The van der Waals surface area contributed by atoms with Gasteiger partial charge in [-0.1, -0.05) is 18.5 Å². The molecule has 0 saturated carbocycles. The number of aryl methyl sites for hydroxylation is 1. The minimum absolute atomic E-state index is 0.129. The van der Waals surface area contributed by atoms with Gasteiger partial charge in [-0.3, -0.25) is 4.68 Å². The van der Waals surface area contributed by atoms with Crippen LogP contribution in [0.3, 0.4) is 0 Å².